The van der Waals surface area contributed by atoms with Crippen LogP contribution in [0.25, 0.3) is 0 Å². The van der Waals surface area contributed by atoms with Crippen molar-refractivity contribution in [3.63, 3.8) is 0 Å². The number of benzene rings is 2. The lowest BCUT2D eigenvalue weighted by Crippen LogP contribution is -2.43. The van der Waals surface area contributed by atoms with Crippen LogP contribution in [-0.4, -0.2) is 25.0 Å². The van der Waals surface area contributed by atoms with Gasteiger partial charge in [-0.05, 0) is 52.4 Å². The molecule has 1 amide bonds. The van der Waals surface area contributed by atoms with Gasteiger partial charge in [-0.1, -0.05) is 24.3 Å². The Kier molecular flexibility index (Phi) is 6.09. The normalized spacial score (nSPS) is 11.6. The maximum absolute atomic E-state index is 13.7. The van der Waals surface area contributed by atoms with Crippen molar-refractivity contribution in [3.05, 3.63) is 69.0 Å². The average molecular weight is 427 g/mol. The number of carbonyl (C=O) groups is 2. The molecule has 0 saturated carbocycles. The van der Waals surface area contributed by atoms with E-state index < -0.39 is 23.7 Å². The highest BCUT2D eigenvalue weighted by Gasteiger charge is 2.23. The number of rotatable bonds is 5. The lowest BCUT2D eigenvalue weighted by molar-refractivity contribution is -0.142. The second-order valence-corrected chi connectivity index (χ2v) is 6.11. The van der Waals surface area contributed by atoms with Gasteiger partial charge in [0.25, 0.3) is 5.91 Å². The van der Waals surface area contributed by atoms with Crippen LogP contribution in [0.5, 0.6) is 0 Å². The van der Waals surface area contributed by atoms with E-state index in [1.165, 1.54) is 25.3 Å². The maximum atomic E-state index is 13.7. The van der Waals surface area contributed by atoms with Crippen molar-refractivity contribution in [1.29, 1.82) is 0 Å². The van der Waals surface area contributed by atoms with Gasteiger partial charge in [0.15, 0.2) is 0 Å². The second-order valence-electron chi connectivity index (χ2n) is 4.86. The standard InChI is InChI=1S/C17H15FINO3/c1-23-17(22)15(10-11-5-4-6-12(19)9-11)20-16(21)13-7-2-3-8-14(13)18/h2-9,15H,10H2,1H3,(H,20,21)/t15-/m0/s1. The number of hydrogen-bond acceptors (Lipinski definition) is 3. The minimum absolute atomic E-state index is 0.107. The van der Waals surface area contributed by atoms with E-state index in [0.717, 1.165) is 9.13 Å². The van der Waals surface area contributed by atoms with Crippen LogP contribution in [0.2, 0.25) is 0 Å². The summed E-state index contributed by atoms with van der Waals surface area (Å²) in [6.45, 7) is 0. The SMILES string of the molecule is COC(=O)[C@H](Cc1cccc(I)c1)NC(=O)c1ccccc1F. The van der Waals surface area contributed by atoms with E-state index in [2.05, 4.69) is 27.9 Å². The molecule has 0 radical (unpaired) electrons. The Balaban J connectivity index is 2.17. The largest absolute Gasteiger partial charge is 0.467 e. The summed E-state index contributed by atoms with van der Waals surface area (Å²) in [5, 5.41) is 2.54. The number of nitrogens with one attached hydrogen (secondary N) is 1. The summed E-state index contributed by atoms with van der Waals surface area (Å²) in [5.74, 6) is -1.86. The minimum atomic E-state index is -0.884. The van der Waals surface area contributed by atoms with Crippen LogP contribution in [0, 0.1) is 9.39 Å². The lowest BCUT2D eigenvalue weighted by atomic mass is 10.1. The predicted molar refractivity (Wildman–Crippen MR) is 92.5 cm³/mol. The summed E-state index contributed by atoms with van der Waals surface area (Å²) in [7, 11) is 1.25. The third-order valence-corrected chi connectivity index (χ3v) is 3.91. The third kappa shape index (κ3) is 4.75. The van der Waals surface area contributed by atoms with Gasteiger partial charge in [0, 0.05) is 9.99 Å². The fourth-order valence-corrected chi connectivity index (χ4v) is 2.72. The van der Waals surface area contributed by atoms with E-state index >= 15 is 0 Å². The number of amides is 1. The molecule has 0 saturated heterocycles. The number of halogens is 2. The highest BCUT2D eigenvalue weighted by atomic mass is 127. The number of carbonyl (C=O) groups excluding carboxylic acids is 2. The highest BCUT2D eigenvalue weighted by Crippen LogP contribution is 2.12. The molecule has 2 rings (SSSR count). The summed E-state index contributed by atoms with van der Waals surface area (Å²) in [5.41, 5.74) is 0.769. The van der Waals surface area contributed by atoms with Crippen LogP contribution < -0.4 is 5.32 Å². The molecule has 23 heavy (non-hydrogen) atoms. The van der Waals surface area contributed by atoms with Gasteiger partial charge in [-0.25, -0.2) is 9.18 Å². The topological polar surface area (TPSA) is 55.4 Å². The summed E-state index contributed by atoms with van der Waals surface area (Å²) in [6, 6.07) is 12.3. The summed E-state index contributed by atoms with van der Waals surface area (Å²) >= 11 is 2.16. The smallest absolute Gasteiger partial charge is 0.328 e. The molecule has 6 heteroatoms. The van der Waals surface area contributed by atoms with E-state index in [-0.39, 0.29) is 12.0 Å². The number of hydrogen-bond donors (Lipinski definition) is 1. The van der Waals surface area contributed by atoms with Crippen LogP contribution in [0.1, 0.15) is 15.9 Å². The van der Waals surface area contributed by atoms with Crippen LogP contribution >= 0.6 is 22.6 Å². The number of methoxy groups -OCH3 is 1. The number of ether oxygens (including phenoxy) is 1. The van der Waals surface area contributed by atoms with Crippen LogP contribution in [0.15, 0.2) is 48.5 Å². The van der Waals surface area contributed by atoms with Gasteiger partial charge in [0.2, 0.25) is 0 Å². The maximum Gasteiger partial charge on any atom is 0.328 e. The van der Waals surface area contributed by atoms with Gasteiger partial charge >= 0.3 is 5.97 Å². The Hall–Kier alpha value is -1.96. The summed E-state index contributed by atoms with van der Waals surface area (Å²) in [4.78, 5) is 24.1. The zero-order chi connectivity index (χ0) is 16.8. The van der Waals surface area contributed by atoms with E-state index in [9.17, 15) is 14.0 Å². The average Bonchev–Trinajstić information content (AvgIpc) is 2.54. The molecule has 0 heterocycles. The van der Waals surface area contributed by atoms with Crippen molar-refractivity contribution in [2.24, 2.45) is 0 Å². The Labute approximate surface area is 147 Å². The molecule has 0 aliphatic rings. The van der Waals surface area contributed by atoms with E-state index in [4.69, 9.17) is 4.74 Å². The first-order valence-electron chi connectivity index (χ1n) is 6.89. The van der Waals surface area contributed by atoms with Gasteiger partial charge in [-0.3, -0.25) is 4.79 Å². The molecular weight excluding hydrogens is 412 g/mol. The summed E-state index contributed by atoms with van der Waals surface area (Å²) in [6.07, 6.45) is 0.268. The van der Waals surface area contributed by atoms with Gasteiger partial charge in [0.05, 0.1) is 12.7 Å². The Morgan fingerprint density at radius 3 is 2.61 bits per heavy atom. The first-order chi connectivity index (χ1) is 11.0. The first kappa shape index (κ1) is 17.4. The molecule has 2 aromatic carbocycles. The molecule has 0 spiro atoms. The fraction of sp³-hybridized carbons (Fsp3) is 0.176. The van der Waals surface area contributed by atoms with Gasteiger partial charge in [0.1, 0.15) is 11.9 Å². The molecule has 0 unspecified atom stereocenters. The fourth-order valence-electron chi connectivity index (χ4n) is 2.12. The Bertz CT molecular complexity index is 720. The predicted octanol–water partition coefficient (Wildman–Crippen LogP) is 2.94. The monoisotopic (exact) mass is 427 g/mol. The quantitative estimate of drug-likeness (QED) is 0.590. The van der Waals surface area contributed by atoms with Crippen LogP contribution in [-0.2, 0) is 16.0 Å². The first-order valence-corrected chi connectivity index (χ1v) is 7.97. The summed E-state index contributed by atoms with van der Waals surface area (Å²) < 4.78 is 19.4. The zero-order valence-electron chi connectivity index (χ0n) is 12.4. The minimum Gasteiger partial charge on any atom is -0.467 e. The van der Waals surface area contributed by atoms with Crippen molar-refractivity contribution in [2.45, 2.75) is 12.5 Å². The van der Waals surface area contributed by atoms with Crippen molar-refractivity contribution in [2.75, 3.05) is 7.11 Å². The van der Waals surface area contributed by atoms with Crippen LogP contribution in [0.4, 0.5) is 4.39 Å². The van der Waals surface area contributed by atoms with E-state index in [1.54, 1.807) is 6.07 Å². The molecular formula is C17H15FINO3. The molecule has 0 aliphatic heterocycles. The molecule has 2 aromatic rings. The van der Waals surface area contributed by atoms with Gasteiger partial charge in [-0.2, -0.15) is 0 Å². The molecule has 120 valence electrons. The van der Waals surface area contributed by atoms with Gasteiger partial charge < -0.3 is 10.1 Å². The molecule has 4 nitrogen and oxygen atoms in total. The van der Waals surface area contributed by atoms with Crippen molar-refractivity contribution in [1.82, 2.24) is 5.32 Å². The Morgan fingerprint density at radius 1 is 1.22 bits per heavy atom. The third-order valence-electron chi connectivity index (χ3n) is 3.24. The molecule has 0 fully saturated rings. The molecule has 0 aromatic heterocycles. The van der Waals surface area contributed by atoms with Crippen molar-refractivity contribution >= 4 is 34.5 Å². The van der Waals surface area contributed by atoms with Gasteiger partial charge in [-0.15, -0.1) is 0 Å². The van der Waals surface area contributed by atoms with Crippen LogP contribution in [0.3, 0.4) is 0 Å². The number of esters is 1. The van der Waals surface area contributed by atoms with Crippen molar-refractivity contribution < 1.29 is 18.7 Å². The molecule has 0 bridgehead atoms. The van der Waals surface area contributed by atoms with E-state index in [1.807, 2.05) is 24.3 Å². The molecule has 1 N–H and O–H groups in total. The Morgan fingerprint density at radius 2 is 1.96 bits per heavy atom. The van der Waals surface area contributed by atoms with Crippen molar-refractivity contribution in [3.8, 4) is 0 Å². The molecule has 1 atom stereocenters. The van der Waals surface area contributed by atoms with E-state index in [0.29, 0.717) is 0 Å². The lowest BCUT2D eigenvalue weighted by Gasteiger charge is -2.17. The molecule has 0 aliphatic carbocycles. The second kappa shape index (κ2) is 8.05. The highest BCUT2D eigenvalue weighted by molar-refractivity contribution is 14.1. The zero-order valence-corrected chi connectivity index (χ0v) is 14.5.